The van der Waals surface area contributed by atoms with Crippen molar-refractivity contribution in [1.29, 1.82) is 0 Å². The standard InChI is InChI=1S/C7H10BrN3O/c1-5-9-4-6(8)7(10-5)11(2)12-3/h4H,1-3H3. The quantitative estimate of drug-likeness (QED) is 0.725. The summed E-state index contributed by atoms with van der Waals surface area (Å²) < 4.78 is 0.817. The monoisotopic (exact) mass is 231 g/mol. The molecule has 1 heterocycles. The van der Waals surface area contributed by atoms with E-state index in [0.717, 1.165) is 16.1 Å². The zero-order valence-electron chi connectivity index (χ0n) is 7.21. The average molecular weight is 232 g/mol. The Bertz CT molecular complexity index is 279. The van der Waals surface area contributed by atoms with Gasteiger partial charge in [0.2, 0.25) is 0 Å². The van der Waals surface area contributed by atoms with Crippen LogP contribution in [-0.4, -0.2) is 24.1 Å². The normalized spacial score (nSPS) is 10.0. The summed E-state index contributed by atoms with van der Waals surface area (Å²) in [5.74, 6) is 1.45. The molecular weight excluding hydrogens is 222 g/mol. The molecule has 0 atom stereocenters. The third-order valence-electron chi connectivity index (χ3n) is 1.42. The van der Waals surface area contributed by atoms with Crippen LogP contribution < -0.4 is 5.06 Å². The molecule has 0 aliphatic rings. The molecule has 0 fully saturated rings. The first-order chi connectivity index (χ1) is 5.65. The van der Waals surface area contributed by atoms with Gasteiger partial charge in [-0.25, -0.2) is 15.0 Å². The van der Waals surface area contributed by atoms with Gasteiger partial charge >= 0.3 is 0 Å². The maximum Gasteiger partial charge on any atom is 0.170 e. The summed E-state index contributed by atoms with van der Waals surface area (Å²) in [7, 11) is 3.37. The smallest absolute Gasteiger partial charge is 0.170 e. The van der Waals surface area contributed by atoms with Crippen molar-refractivity contribution in [2.24, 2.45) is 0 Å². The molecule has 12 heavy (non-hydrogen) atoms. The number of hydrogen-bond acceptors (Lipinski definition) is 4. The van der Waals surface area contributed by atoms with E-state index >= 15 is 0 Å². The van der Waals surface area contributed by atoms with Crippen LogP contribution in [0.3, 0.4) is 0 Å². The van der Waals surface area contributed by atoms with Crippen LogP contribution in [0.25, 0.3) is 0 Å². The fourth-order valence-corrected chi connectivity index (χ4v) is 1.19. The highest BCUT2D eigenvalue weighted by molar-refractivity contribution is 9.10. The molecule has 0 unspecified atom stereocenters. The molecule has 0 bridgehead atoms. The minimum atomic E-state index is 0.720. The fourth-order valence-electron chi connectivity index (χ4n) is 0.751. The molecule has 0 saturated heterocycles. The summed E-state index contributed by atoms with van der Waals surface area (Å²) in [6.45, 7) is 1.83. The molecule has 0 N–H and O–H groups in total. The van der Waals surface area contributed by atoms with Crippen molar-refractivity contribution in [2.45, 2.75) is 6.92 Å². The van der Waals surface area contributed by atoms with E-state index in [1.807, 2.05) is 6.92 Å². The second-order valence-corrected chi connectivity index (χ2v) is 3.12. The number of hydrogen-bond donors (Lipinski definition) is 0. The first kappa shape index (κ1) is 9.41. The summed E-state index contributed by atoms with van der Waals surface area (Å²) in [4.78, 5) is 13.2. The van der Waals surface area contributed by atoms with E-state index in [1.54, 1.807) is 25.4 Å². The van der Waals surface area contributed by atoms with Gasteiger partial charge in [0.25, 0.3) is 0 Å². The molecular formula is C7H10BrN3O. The van der Waals surface area contributed by atoms with Crippen molar-refractivity contribution < 1.29 is 4.84 Å². The van der Waals surface area contributed by atoms with E-state index in [0.29, 0.717) is 0 Å². The van der Waals surface area contributed by atoms with Crippen molar-refractivity contribution in [3.8, 4) is 0 Å². The largest absolute Gasteiger partial charge is 0.276 e. The van der Waals surface area contributed by atoms with Gasteiger partial charge in [-0.3, -0.25) is 4.84 Å². The molecule has 5 heteroatoms. The lowest BCUT2D eigenvalue weighted by atomic mass is 10.5. The molecule has 4 nitrogen and oxygen atoms in total. The maximum absolute atomic E-state index is 4.99. The van der Waals surface area contributed by atoms with Crippen LogP contribution in [0.5, 0.6) is 0 Å². The molecule has 0 aliphatic heterocycles. The van der Waals surface area contributed by atoms with Crippen LogP contribution in [0, 0.1) is 6.92 Å². The topological polar surface area (TPSA) is 38.2 Å². The van der Waals surface area contributed by atoms with Gasteiger partial charge in [0, 0.05) is 13.2 Å². The molecule has 66 valence electrons. The minimum Gasteiger partial charge on any atom is -0.276 e. The van der Waals surface area contributed by atoms with Crippen molar-refractivity contribution in [3.05, 3.63) is 16.5 Å². The Morgan fingerprint density at radius 3 is 2.83 bits per heavy atom. The summed E-state index contributed by atoms with van der Waals surface area (Å²) >= 11 is 3.33. The van der Waals surface area contributed by atoms with Gasteiger partial charge in [-0.15, -0.1) is 0 Å². The van der Waals surface area contributed by atoms with Gasteiger partial charge in [-0.1, -0.05) is 0 Å². The van der Waals surface area contributed by atoms with Gasteiger partial charge in [0.1, 0.15) is 5.82 Å². The van der Waals surface area contributed by atoms with E-state index in [2.05, 4.69) is 25.9 Å². The first-order valence-electron chi connectivity index (χ1n) is 3.42. The SMILES string of the molecule is CON(C)c1nc(C)ncc1Br. The van der Waals surface area contributed by atoms with E-state index < -0.39 is 0 Å². The number of nitrogens with zero attached hydrogens (tertiary/aromatic N) is 3. The Morgan fingerprint density at radius 1 is 1.58 bits per heavy atom. The lowest BCUT2D eigenvalue weighted by Gasteiger charge is -2.15. The molecule has 0 saturated carbocycles. The molecule has 1 aromatic heterocycles. The van der Waals surface area contributed by atoms with E-state index in [4.69, 9.17) is 4.84 Å². The molecule has 1 rings (SSSR count). The number of aryl methyl sites for hydroxylation is 1. The fraction of sp³-hybridized carbons (Fsp3) is 0.429. The van der Waals surface area contributed by atoms with Crippen LogP contribution in [0.1, 0.15) is 5.82 Å². The predicted molar refractivity (Wildman–Crippen MR) is 49.9 cm³/mol. The summed E-state index contributed by atoms with van der Waals surface area (Å²) in [5.41, 5.74) is 0. The zero-order valence-corrected chi connectivity index (χ0v) is 8.79. The van der Waals surface area contributed by atoms with Gasteiger partial charge in [-0.05, 0) is 22.9 Å². The Balaban J connectivity index is 3.04. The van der Waals surface area contributed by atoms with Crippen molar-refractivity contribution in [1.82, 2.24) is 9.97 Å². The second kappa shape index (κ2) is 3.82. The Labute approximate surface area is 79.7 Å². The highest BCUT2D eigenvalue weighted by atomic mass is 79.9. The number of hydroxylamine groups is 1. The van der Waals surface area contributed by atoms with Crippen LogP contribution >= 0.6 is 15.9 Å². The Hall–Kier alpha value is -0.680. The van der Waals surface area contributed by atoms with Crippen LogP contribution in [-0.2, 0) is 4.84 Å². The van der Waals surface area contributed by atoms with Gasteiger partial charge in [0.05, 0.1) is 11.6 Å². The first-order valence-corrected chi connectivity index (χ1v) is 4.21. The number of anilines is 1. The van der Waals surface area contributed by atoms with Crippen LogP contribution in [0.4, 0.5) is 5.82 Å². The van der Waals surface area contributed by atoms with Crippen molar-refractivity contribution in [2.75, 3.05) is 19.2 Å². The molecule has 0 amide bonds. The minimum absolute atomic E-state index is 0.720. The molecule has 0 spiro atoms. The second-order valence-electron chi connectivity index (χ2n) is 2.27. The zero-order chi connectivity index (χ0) is 9.14. The summed E-state index contributed by atoms with van der Waals surface area (Å²) in [6, 6.07) is 0. The van der Waals surface area contributed by atoms with E-state index in [1.165, 1.54) is 0 Å². The van der Waals surface area contributed by atoms with E-state index in [-0.39, 0.29) is 0 Å². The van der Waals surface area contributed by atoms with E-state index in [9.17, 15) is 0 Å². The van der Waals surface area contributed by atoms with Gasteiger partial charge in [0.15, 0.2) is 5.82 Å². The third-order valence-corrected chi connectivity index (χ3v) is 1.98. The van der Waals surface area contributed by atoms with Gasteiger partial charge in [-0.2, -0.15) is 0 Å². The van der Waals surface area contributed by atoms with Crippen LogP contribution in [0.15, 0.2) is 10.7 Å². The molecule has 0 radical (unpaired) electrons. The lowest BCUT2D eigenvalue weighted by Crippen LogP contribution is -2.17. The average Bonchev–Trinajstić information content (AvgIpc) is 2.08. The summed E-state index contributed by atoms with van der Waals surface area (Å²) in [6.07, 6.45) is 1.70. The highest BCUT2D eigenvalue weighted by Crippen LogP contribution is 2.21. The van der Waals surface area contributed by atoms with Crippen molar-refractivity contribution in [3.63, 3.8) is 0 Å². The lowest BCUT2D eigenvalue weighted by molar-refractivity contribution is 0.182. The number of rotatable bonds is 2. The predicted octanol–water partition coefficient (Wildman–Crippen LogP) is 1.55. The van der Waals surface area contributed by atoms with Crippen LogP contribution in [0.2, 0.25) is 0 Å². The molecule has 1 aromatic rings. The maximum atomic E-state index is 4.99. The Kier molecular flexibility index (Phi) is 2.99. The van der Waals surface area contributed by atoms with Crippen molar-refractivity contribution >= 4 is 21.7 Å². The Morgan fingerprint density at radius 2 is 2.25 bits per heavy atom. The number of aromatic nitrogens is 2. The molecule has 0 aliphatic carbocycles. The highest BCUT2D eigenvalue weighted by Gasteiger charge is 2.06. The molecule has 0 aromatic carbocycles. The third kappa shape index (κ3) is 1.92. The summed E-state index contributed by atoms with van der Waals surface area (Å²) in [5, 5.41) is 1.57. The van der Waals surface area contributed by atoms with Gasteiger partial charge < -0.3 is 0 Å². The number of halogens is 1.